The molecule has 1 aliphatic carbocycles. The number of thiophene rings is 1. The topological polar surface area (TPSA) is 96.0 Å². The van der Waals surface area contributed by atoms with Crippen LogP contribution in [0.1, 0.15) is 34.0 Å². The Bertz CT molecular complexity index is 1780. The zero-order valence-electron chi connectivity index (χ0n) is 18.7. The third kappa shape index (κ3) is 3.18. The second-order valence-electron chi connectivity index (χ2n) is 8.65. The predicted molar refractivity (Wildman–Crippen MR) is 136 cm³/mol. The van der Waals surface area contributed by atoms with E-state index >= 15 is 0 Å². The summed E-state index contributed by atoms with van der Waals surface area (Å²) in [5.41, 5.74) is 4.34. The molecule has 2 aliphatic heterocycles. The molecule has 1 unspecified atom stereocenters. The first-order valence-corrected chi connectivity index (χ1v) is 13.0. The van der Waals surface area contributed by atoms with E-state index < -0.39 is 4.92 Å². The van der Waals surface area contributed by atoms with Gasteiger partial charge in [-0.1, -0.05) is 41.7 Å². The highest BCUT2D eigenvalue weighted by molar-refractivity contribution is 7.10. The fourth-order valence-corrected chi connectivity index (χ4v) is 6.92. The Balaban J connectivity index is 1.48. The van der Waals surface area contributed by atoms with Gasteiger partial charge in [0.05, 0.1) is 32.8 Å². The molecule has 4 aromatic rings. The SMILES string of the molecule is O=c1/c(=C\c2cc3c(cc2[N+](=O)[O-])OCO3)sc2n1C(c1cccs1)C1=C(N=2)c2ccccc2CC1. The Labute approximate surface area is 211 Å². The first kappa shape index (κ1) is 21.3. The number of ether oxygens (including phenoxy) is 2. The molecule has 0 bridgehead atoms. The highest BCUT2D eigenvalue weighted by atomic mass is 32.1. The summed E-state index contributed by atoms with van der Waals surface area (Å²) in [5.74, 6) is 0.743. The van der Waals surface area contributed by atoms with Crippen LogP contribution in [0, 0.1) is 10.1 Å². The summed E-state index contributed by atoms with van der Waals surface area (Å²) in [4.78, 5) is 31.7. The van der Waals surface area contributed by atoms with Gasteiger partial charge >= 0.3 is 0 Å². The van der Waals surface area contributed by atoms with E-state index in [0.717, 1.165) is 34.6 Å². The number of nitro groups is 1. The molecule has 0 amide bonds. The van der Waals surface area contributed by atoms with Crippen LogP contribution in [0.2, 0.25) is 0 Å². The maximum Gasteiger partial charge on any atom is 0.280 e. The van der Waals surface area contributed by atoms with Crippen molar-refractivity contribution in [3.8, 4) is 11.5 Å². The molecule has 178 valence electrons. The molecule has 0 radical (unpaired) electrons. The Morgan fingerprint density at radius 2 is 1.94 bits per heavy atom. The Morgan fingerprint density at radius 1 is 1.11 bits per heavy atom. The lowest BCUT2D eigenvalue weighted by Crippen LogP contribution is -2.38. The van der Waals surface area contributed by atoms with E-state index in [0.29, 0.717) is 20.8 Å². The number of nitro benzene ring substituents is 1. The Kier molecular flexibility index (Phi) is 4.73. The van der Waals surface area contributed by atoms with Crippen LogP contribution < -0.4 is 24.4 Å². The van der Waals surface area contributed by atoms with Gasteiger partial charge in [-0.05, 0) is 47.6 Å². The maximum absolute atomic E-state index is 13.8. The summed E-state index contributed by atoms with van der Waals surface area (Å²) in [5, 5.41) is 13.8. The highest BCUT2D eigenvalue weighted by Gasteiger charge is 2.33. The lowest BCUT2D eigenvalue weighted by molar-refractivity contribution is -0.385. The van der Waals surface area contributed by atoms with E-state index in [2.05, 4.69) is 12.1 Å². The smallest absolute Gasteiger partial charge is 0.280 e. The third-order valence-corrected chi connectivity index (χ3v) is 8.60. The fraction of sp³-hybridized carbons (Fsp3) is 0.154. The first-order valence-electron chi connectivity index (χ1n) is 11.3. The molecule has 0 N–H and O–H groups in total. The number of rotatable bonds is 3. The van der Waals surface area contributed by atoms with Crippen LogP contribution in [0.15, 0.2) is 69.3 Å². The van der Waals surface area contributed by atoms with Gasteiger partial charge in [-0.25, -0.2) is 4.99 Å². The molecule has 8 nitrogen and oxygen atoms in total. The molecular formula is C26H17N3O5S2. The average Bonchev–Trinajstić information content (AvgIpc) is 3.63. The molecule has 36 heavy (non-hydrogen) atoms. The van der Waals surface area contributed by atoms with Gasteiger partial charge in [-0.2, -0.15) is 0 Å². The molecule has 1 atom stereocenters. The Morgan fingerprint density at radius 3 is 2.75 bits per heavy atom. The normalized spacial score (nSPS) is 17.9. The first-order chi connectivity index (χ1) is 17.6. The largest absolute Gasteiger partial charge is 0.454 e. The van der Waals surface area contributed by atoms with Crippen molar-refractivity contribution < 1.29 is 14.4 Å². The van der Waals surface area contributed by atoms with Crippen LogP contribution in [0.3, 0.4) is 0 Å². The molecule has 0 fully saturated rings. The molecule has 0 saturated carbocycles. The third-order valence-electron chi connectivity index (χ3n) is 6.69. The van der Waals surface area contributed by atoms with Crippen molar-refractivity contribution in [2.24, 2.45) is 4.99 Å². The number of thiazole rings is 1. The molecule has 10 heteroatoms. The molecule has 2 aromatic carbocycles. The van der Waals surface area contributed by atoms with Crippen LogP contribution >= 0.6 is 22.7 Å². The summed E-state index contributed by atoms with van der Waals surface area (Å²) in [7, 11) is 0. The number of benzene rings is 2. The van der Waals surface area contributed by atoms with Gasteiger partial charge in [0, 0.05) is 10.4 Å². The van der Waals surface area contributed by atoms with E-state index in [1.165, 1.54) is 23.0 Å². The summed E-state index contributed by atoms with van der Waals surface area (Å²) >= 11 is 2.86. The summed E-state index contributed by atoms with van der Waals surface area (Å²) < 4.78 is 12.8. The summed E-state index contributed by atoms with van der Waals surface area (Å²) in [6.45, 7) is 0.00592. The fourth-order valence-electron chi connectivity index (χ4n) is 5.08. The maximum atomic E-state index is 13.8. The molecule has 0 saturated heterocycles. The lowest BCUT2D eigenvalue weighted by atomic mass is 9.85. The number of nitrogens with zero attached hydrogens (tertiary/aromatic N) is 3. The zero-order chi connectivity index (χ0) is 24.4. The molecule has 7 rings (SSSR count). The van der Waals surface area contributed by atoms with Gasteiger partial charge < -0.3 is 9.47 Å². The van der Waals surface area contributed by atoms with E-state index in [1.54, 1.807) is 28.0 Å². The minimum absolute atomic E-state index is 0.00592. The van der Waals surface area contributed by atoms with Crippen LogP contribution in [-0.2, 0) is 6.42 Å². The number of aromatic nitrogens is 1. The standard InChI is InChI=1S/C26H17N3O5S2/c30-25-22(11-15-10-19-20(34-13-33-19)12-18(15)29(31)32)36-26-27-23-16-5-2-1-4-14(16)7-8-17(23)24(28(25)26)21-6-3-9-35-21/h1-6,9-12,24H,7-8,13H2/b22-11+. The van der Waals surface area contributed by atoms with Crippen molar-refractivity contribution in [1.29, 1.82) is 0 Å². The number of fused-ring (bicyclic) bond motifs is 4. The van der Waals surface area contributed by atoms with Gasteiger partial charge in [-0.15, -0.1) is 11.3 Å². The van der Waals surface area contributed by atoms with Crippen LogP contribution in [0.5, 0.6) is 11.5 Å². The van der Waals surface area contributed by atoms with Gasteiger partial charge in [0.1, 0.15) is 0 Å². The lowest BCUT2D eigenvalue weighted by Gasteiger charge is -2.30. The van der Waals surface area contributed by atoms with E-state index in [1.807, 2.05) is 29.6 Å². The monoisotopic (exact) mass is 515 g/mol. The highest BCUT2D eigenvalue weighted by Crippen LogP contribution is 2.42. The van der Waals surface area contributed by atoms with Gasteiger partial charge in [0.2, 0.25) is 6.79 Å². The molecule has 4 heterocycles. The van der Waals surface area contributed by atoms with Crippen molar-refractivity contribution >= 4 is 40.1 Å². The Hall–Kier alpha value is -4.02. The zero-order valence-corrected chi connectivity index (χ0v) is 20.3. The van der Waals surface area contributed by atoms with Crippen LogP contribution in [0.4, 0.5) is 5.69 Å². The van der Waals surface area contributed by atoms with E-state index in [4.69, 9.17) is 14.5 Å². The van der Waals surface area contributed by atoms with Crippen molar-refractivity contribution in [2.45, 2.75) is 18.9 Å². The minimum atomic E-state index is -0.477. The number of aryl methyl sites for hydroxylation is 1. The van der Waals surface area contributed by atoms with Gasteiger partial charge in [-0.3, -0.25) is 19.5 Å². The van der Waals surface area contributed by atoms with Gasteiger partial charge in [0.25, 0.3) is 11.2 Å². The average molecular weight is 516 g/mol. The summed E-state index contributed by atoms with van der Waals surface area (Å²) in [6.07, 6.45) is 3.27. The van der Waals surface area contributed by atoms with Crippen LogP contribution in [0.25, 0.3) is 11.8 Å². The second kappa shape index (κ2) is 8.00. The number of hydrogen-bond acceptors (Lipinski definition) is 8. The molecule has 3 aliphatic rings. The predicted octanol–water partition coefficient (Wildman–Crippen LogP) is 4.02. The minimum Gasteiger partial charge on any atom is -0.454 e. The summed E-state index contributed by atoms with van der Waals surface area (Å²) in [6, 6.07) is 14.9. The van der Waals surface area contributed by atoms with Crippen LogP contribution in [-0.4, -0.2) is 16.3 Å². The van der Waals surface area contributed by atoms with Crippen molar-refractivity contribution in [2.75, 3.05) is 6.79 Å². The van der Waals surface area contributed by atoms with E-state index in [-0.39, 0.29) is 29.6 Å². The van der Waals surface area contributed by atoms with Crippen molar-refractivity contribution in [1.82, 2.24) is 4.57 Å². The molecular weight excluding hydrogens is 498 g/mol. The number of allylic oxidation sites excluding steroid dienone is 1. The van der Waals surface area contributed by atoms with Gasteiger partial charge in [0.15, 0.2) is 16.3 Å². The molecule has 0 spiro atoms. The van der Waals surface area contributed by atoms with Crippen molar-refractivity contribution in [3.05, 3.63) is 111 Å². The molecule has 2 aromatic heterocycles. The second-order valence-corrected chi connectivity index (χ2v) is 10.6. The quantitative estimate of drug-likeness (QED) is 0.303. The number of hydrogen-bond donors (Lipinski definition) is 0. The van der Waals surface area contributed by atoms with Crippen molar-refractivity contribution in [3.63, 3.8) is 0 Å². The van der Waals surface area contributed by atoms with E-state index in [9.17, 15) is 14.9 Å².